The highest BCUT2D eigenvalue weighted by atomic mass is 32.2. The van der Waals surface area contributed by atoms with Crippen LogP contribution in [-0.4, -0.2) is 18.4 Å². The van der Waals surface area contributed by atoms with Gasteiger partial charge in [0.15, 0.2) is 5.82 Å². The number of anilines is 1. The molecular formula is C15H13N3O2S2. The lowest BCUT2D eigenvalue weighted by molar-refractivity contribution is 0.600. The molecule has 0 unspecified atom stereocenters. The monoisotopic (exact) mass is 331 g/mol. The Bertz CT molecular complexity index is 848. The molecule has 0 spiro atoms. The second kappa shape index (κ2) is 6.25. The maximum absolute atomic E-state index is 12.3. The van der Waals surface area contributed by atoms with Crippen molar-refractivity contribution in [3.63, 3.8) is 0 Å². The van der Waals surface area contributed by atoms with Crippen LogP contribution < -0.4 is 4.72 Å². The summed E-state index contributed by atoms with van der Waals surface area (Å²) in [5, 5.41) is 1.91. The molecule has 7 heteroatoms. The molecule has 1 aromatic carbocycles. The predicted molar refractivity (Wildman–Crippen MR) is 88.0 cm³/mol. The number of benzene rings is 1. The lowest BCUT2D eigenvalue weighted by atomic mass is 10.2. The highest BCUT2D eigenvalue weighted by Gasteiger charge is 2.16. The number of nitrogens with zero attached hydrogens (tertiary/aromatic N) is 2. The number of rotatable bonds is 5. The molecule has 0 aliphatic carbocycles. The van der Waals surface area contributed by atoms with Crippen LogP contribution in [0, 0.1) is 0 Å². The number of sulfonamides is 1. The second-order valence-corrected chi connectivity index (χ2v) is 7.25. The normalized spacial score (nSPS) is 11.3. The van der Waals surface area contributed by atoms with Crippen molar-refractivity contribution >= 4 is 27.2 Å². The van der Waals surface area contributed by atoms with Gasteiger partial charge in [-0.15, -0.1) is 11.3 Å². The molecule has 0 saturated heterocycles. The summed E-state index contributed by atoms with van der Waals surface area (Å²) in [6.45, 7) is 0. The number of nitrogens with one attached hydrogen (secondary N) is 1. The fraction of sp³-hybridized carbons (Fsp3) is 0.0667. The summed E-state index contributed by atoms with van der Waals surface area (Å²) in [6, 6.07) is 12.8. The molecule has 0 bridgehead atoms. The first-order chi connectivity index (χ1) is 10.6. The van der Waals surface area contributed by atoms with E-state index in [0.29, 0.717) is 5.69 Å². The largest absolute Gasteiger partial charge is 0.265 e. The predicted octanol–water partition coefficient (Wildman–Crippen LogP) is 3.15. The van der Waals surface area contributed by atoms with E-state index in [1.54, 1.807) is 18.3 Å². The molecule has 22 heavy (non-hydrogen) atoms. The number of aromatic nitrogens is 2. The molecule has 0 aliphatic rings. The minimum absolute atomic E-state index is 0.103. The van der Waals surface area contributed by atoms with E-state index < -0.39 is 10.0 Å². The van der Waals surface area contributed by atoms with Crippen LogP contribution in [0.2, 0.25) is 0 Å². The second-order valence-electron chi connectivity index (χ2n) is 4.58. The van der Waals surface area contributed by atoms with Gasteiger partial charge in [-0.1, -0.05) is 36.4 Å². The van der Waals surface area contributed by atoms with Crippen LogP contribution in [-0.2, 0) is 15.8 Å². The third-order valence-electron chi connectivity index (χ3n) is 2.90. The molecule has 112 valence electrons. The fourth-order valence-electron chi connectivity index (χ4n) is 1.98. The van der Waals surface area contributed by atoms with Crippen LogP contribution in [0.4, 0.5) is 5.82 Å². The Hall–Kier alpha value is -2.25. The Kier molecular flexibility index (Phi) is 4.17. The number of hydrogen-bond donors (Lipinski definition) is 1. The molecule has 0 amide bonds. The molecule has 2 heterocycles. The maximum atomic E-state index is 12.3. The molecular weight excluding hydrogens is 318 g/mol. The summed E-state index contributed by atoms with van der Waals surface area (Å²) in [5.74, 6) is 0.148. The molecule has 0 radical (unpaired) electrons. The van der Waals surface area contributed by atoms with Crippen LogP contribution in [0.1, 0.15) is 5.56 Å². The molecule has 0 aliphatic heterocycles. The van der Waals surface area contributed by atoms with Crippen molar-refractivity contribution in [2.45, 2.75) is 5.75 Å². The van der Waals surface area contributed by atoms with Gasteiger partial charge in [0.25, 0.3) is 0 Å². The highest BCUT2D eigenvalue weighted by molar-refractivity contribution is 7.91. The van der Waals surface area contributed by atoms with Crippen molar-refractivity contribution in [3.05, 3.63) is 65.8 Å². The average molecular weight is 331 g/mol. The zero-order valence-corrected chi connectivity index (χ0v) is 13.1. The first-order valence-corrected chi connectivity index (χ1v) is 9.06. The van der Waals surface area contributed by atoms with E-state index in [1.807, 2.05) is 35.7 Å². The van der Waals surface area contributed by atoms with Gasteiger partial charge >= 0.3 is 0 Å². The van der Waals surface area contributed by atoms with Crippen LogP contribution in [0.25, 0.3) is 10.6 Å². The molecule has 0 saturated carbocycles. The van der Waals surface area contributed by atoms with Crippen LogP contribution in [0.15, 0.2) is 60.2 Å². The van der Waals surface area contributed by atoms with Gasteiger partial charge in [0, 0.05) is 12.4 Å². The Morgan fingerprint density at radius 1 is 1.00 bits per heavy atom. The van der Waals surface area contributed by atoms with E-state index >= 15 is 0 Å². The fourth-order valence-corrected chi connectivity index (χ4v) is 3.85. The molecule has 3 aromatic rings. The van der Waals surface area contributed by atoms with E-state index in [0.717, 1.165) is 10.4 Å². The van der Waals surface area contributed by atoms with Gasteiger partial charge in [-0.3, -0.25) is 4.72 Å². The number of thiophene rings is 1. The van der Waals surface area contributed by atoms with Gasteiger partial charge in [0.1, 0.15) is 5.69 Å². The zero-order chi connectivity index (χ0) is 15.4. The smallest absolute Gasteiger partial charge is 0.238 e. The summed E-state index contributed by atoms with van der Waals surface area (Å²) in [6.07, 6.45) is 3.02. The van der Waals surface area contributed by atoms with Crippen molar-refractivity contribution in [1.29, 1.82) is 0 Å². The molecule has 5 nitrogen and oxygen atoms in total. The number of hydrogen-bond acceptors (Lipinski definition) is 5. The minimum Gasteiger partial charge on any atom is -0.265 e. The molecule has 0 fully saturated rings. The van der Waals surface area contributed by atoms with Crippen molar-refractivity contribution in [2.24, 2.45) is 0 Å². The van der Waals surface area contributed by atoms with Gasteiger partial charge in [0.05, 0.1) is 10.6 Å². The van der Waals surface area contributed by atoms with Gasteiger partial charge in [-0.25, -0.2) is 18.4 Å². The molecule has 2 aromatic heterocycles. The molecule has 0 atom stereocenters. The Labute approximate surface area is 132 Å². The van der Waals surface area contributed by atoms with Gasteiger partial charge in [-0.2, -0.15) is 0 Å². The average Bonchev–Trinajstić information content (AvgIpc) is 3.02. The van der Waals surface area contributed by atoms with Crippen LogP contribution >= 0.6 is 11.3 Å². The van der Waals surface area contributed by atoms with Crippen molar-refractivity contribution in [1.82, 2.24) is 9.97 Å². The van der Waals surface area contributed by atoms with Gasteiger partial charge < -0.3 is 0 Å². The van der Waals surface area contributed by atoms with E-state index in [9.17, 15) is 8.42 Å². The van der Waals surface area contributed by atoms with Gasteiger partial charge in [0.2, 0.25) is 10.0 Å². The minimum atomic E-state index is -3.55. The summed E-state index contributed by atoms with van der Waals surface area (Å²) in [5.41, 5.74) is 1.26. The first-order valence-electron chi connectivity index (χ1n) is 6.53. The zero-order valence-electron chi connectivity index (χ0n) is 11.5. The van der Waals surface area contributed by atoms with E-state index in [-0.39, 0.29) is 11.6 Å². The third-order valence-corrected chi connectivity index (χ3v) is 5.00. The van der Waals surface area contributed by atoms with Crippen molar-refractivity contribution in [2.75, 3.05) is 4.72 Å². The SMILES string of the molecule is O=S(=O)(Cc1ccccc1)Nc1nccnc1-c1cccs1. The standard InChI is InChI=1S/C15H13N3O2S2/c19-22(20,11-12-5-2-1-3-6-12)18-15-14(16-8-9-17-15)13-7-4-10-21-13/h1-10H,11H2,(H,17,18). The summed E-state index contributed by atoms with van der Waals surface area (Å²) >= 11 is 1.48. The highest BCUT2D eigenvalue weighted by Crippen LogP contribution is 2.28. The first kappa shape index (κ1) is 14.7. The summed E-state index contributed by atoms with van der Waals surface area (Å²) in [7, 11) is -3.55. The van der Waals surface area contributed by atoms with Gasteiger partial charge in [-0.05, 0) is 17.0 Å². The van der Waals surface area contributed by atoms with Crippen molar-refractivity contribution in [3.8, 4) is 10.6 Å². The van der Waals surface area contributed by atoms with E-state index in [4.69, 9.17) is 0 Å². The lowest BCUT2D eigenvalue weighted by Crippen LogP contribution is -2.16. The maximum Gasteiger partial charge on any atom is 0.238 e. The molecule has 1 N–H and O–H groups in total. The van der Waals surface area contributed by atoms with Crippen LogP contribution in [0.5, 0.6) is 0 Å². The lowest BCUT2D eigenvalue weighted by Gasteiger charge is -2.09. The third kappa shape index (κ3) is 3.49. The summed E-state index contributed by atoms with van der Waals surface area (Å²) < 4.78 is 27.2. The quantitative estimate of drug-likeness (QED) is 0.779. The van der Waals surface area contributed by atoms with Crippen LogP contribution in [0.3, 0.4) is 0 Å². The Morgan fingerprint density at radius 2 is 1.77 bits per heavy atom. The van der Waals surface area contributed by atoms with E-state index in [1.165, 1.54) is 17.5 Å². The Morgan fingerprint density at radius 3 is 2.50 bits per heavy atom. The van der Waals surface area contributed by atoms with E-state index in [2.05, 4.69) is 14.7 Å². The van der Waals surface area contributed by atoms with Crippen molar-refractivity contribution < 1.29 is 8.42 Å². The summed E-state index contributed by atoms with van der Waals surface area (Å²) in [4.78, 5) is 9.21. The molecule has 3 rings (SSSR count). The topological polar surface area (TPSA) is 72.0 Å². The Balaban J connectivity index is 1.87.